The number of carbonyl (C=O) groups is 1. The SMILES string of the molecule is Cc1ccc(-n2ncc3c(=O)n(CCC(=O)Nc4ccc(Br)cc4F)cnc32)cc1. The van der Waals surface area contributed by atoms with Crippen LogP contribution in [0.15, 0.2) is 64.3 Å². The average Bonchev–Trinajstić information content (AvgIpc) is 3.15. The Bertz CT molecular complexity index is 1300. The van der Waals surface area contributed by atoms with Crippen molar-refractivity contribution in [1.82, 2.24) is 19.3 Å². The first kappa shape index (κ1) is 20.0. The smallest absolute Gasteiger partial charge is 0.264 e. The van der Waals surface area contributed by atoms with Gasteiger partial charge in [-0.1, -0.05) is 33.6 Å². The van der Waals surface area contributed by atoms with Crippen molar-refractivity contribution in [3.05, 3.63) is 81.2 Å². The van der Waals surface area contributed by atoms with Crippen LogP contribution >= 0.6 is 15.9 Å². The van der Waals surface area contributed by atoms with Crippen LogP contribution in [0, 0.1) is 12.7 Å². The van der Waals surface area contributed by atoms with Crippen LogP contribution in [0.25, 0.3) is 16.7 Å². The summed E-state index contributed by atoms with van der Waals surface area (Å²) in [6.07, 6.45) is 2.86. The number of benzene rings is 2. The summed E-state index contributed by atoms with van der Waals surface area (Å²) >= 11 is 3.17. The first-order valence-corrected chi connectivity index (χ1v) is 9.97. The number of rotatable bonds is 5. The number of aryl methyl sites for hydroxylation is 2. The van der Waals surface area contributed by atoms with E-state index in [-0.39, 0.29) is 24.2 Å². The lowest BCUT2D eigenvalue weighted by Gasteiger charge is -2.08. The maximum atomic E-state index is 13.9. The molecule has 0 spiro atoms. The second kappa shape index (κ2) is 8.19. The molecule has 0 atom stereocenters. The van der Waals surface area contributed by atoms with E-state index in [9.17, 15) is 14.0 Å². The zero-order valence-electron chi connectivity index (χ0n) is 16.0. The largest absolute Gasteiger partial charge is 0.324 e. The number of anilines is 1. The van der Waals surface area contributed by atoms with Crippen LogP contribution in [0.3, 0.4) is 0 Å². The Morgan fingerprint density at radius 2 is 1.97 bits per heavy atom. The first-order valence-electron chi connectivity index (χ1n) is 9.17. The van der Waals surface area contributed by atoms with Gasteiger partial charge in [-0.25, -0.2) is 14.1 Å². The molecule has 7 nitrogen and oxygen atoms in total. The van der Waals surface area contributed by atoms with Gasteiger partial charge in [0.1, 0.15) is 11.2 Å². The predicted octanol–water partition coefficient (Wildman–Crippen LogP) is 3.82. The lowest BCUT2D eigenvalue weighted by Crippen LogP contribution is -2.23. The molecule has 0 fully saturated rings. The summed E-state index contributed by atoms with van der Waals surface area (Å²) in [6, 6.07) is 12.1. The Morgan fingerprint density at radius 1 is 1.20 bits per heavy atom. The number of halogens is 2. The topological polar surface area (TPSA) is 81.8 Å². The van der Waals surface area contributed by atoms with Crippen LogP contribution < -0.4 is 10.9 Å². The fraction of sp³-hybridized carbons (Fsp3) is 0.143. The highest BCUT2D eigenvalue weighted by Crippen LogP contribution is 2.19. The van der Waals surface area contributed by atoms with E-state index < -0.39 is 11.7 Å². The molecule has 2 aromatic carbocycles. The fourth-order valence-corrected chi connectivity index (χ4v) is 3.34. The predicted molar refractivity (Wildman–Crippen MR) is 115 cm³/mol. The van der Waals surface area contributed by atoms with Crippen molar-refractivity contribution >= 4 is 38.6 Å². The van der Waals surface area contributed by atoms with Crippen LogP contribution in [-0.4, -0.2) is 25.2 Å². The van der Waals surface area contributed by atoms with E-state index in [1.165, 1.54) is 29.2 Å². The number of hydrogen-bond donors (Lipinski definition) is 1. The van der Waals surface area contributed by atoms with Gasteiger partial charge in [0.2, 0.25) is 5.91 Å². The average molecular weight is 470 g/mol. The molecule has 0 radical (unpaired) electrons. The molecule has 152 valence electrons. The Hall–Kier alpha value is -3.33. The third-order valence-corrected chi connectivity index (χ3v) is 5.11. The van der Waals surface area contributed by atoms with Crippen molar-refractivity contribution in [1.29, 1.82) is 0 Å². The molecule has 1 amide bonds. The standard InChI is InChI=1S/C21H17BrFN5O2/c1-13-2-5-15(6-3-13)28-20-16(11-25-28)21(30)27(12-24-20)9-8-19(29)26-18-7-4-14(22)10-17(18)23/h2-7,10-12H,8-9H2,1H3,(H,26,29). The summed E-state index contributed by atoms with van der Waals surface area (Å²) in [5.41, 5.74) is 2.16. The maximum Gasteiger partial charge on any atom is 0.264 e. The molecular formula is C21H17BrFN5O2. The van der Waals surface area contributed by atoms with Gasteiger partial charge in [0.05, 0.1) is 23.9 Å². The highest BCUT2D eigenvalue weighted by Gasteiger charge is 2.13. The lowest BCUT2D eigenvalue weighted by atomic mass is 10.2. The third-order valence-electron chi connectivity index (χ3n) is 4.62. The number of nitrogens with one attached hydrogen (secondary N) is 1. The maximum absolute atomic E-state index is 13.9. The van der Waals surface area contributed by atoms with Gasteiger partial charge >= 0.3 is 0 Å². The van der Waals surface area contributed by atoms with Crippen molar-refractivity contribution in [3.63, 3.8) is 0 Å². The van der Waals surface area contributed by atoms with Gasteiger partial charge in [-0.15, -0.1) is 0 Å². The van der Waals surface area contributed by atoms with Gasteiger partial charge in [0.25, 0.3) is 5.56 Å². The molecule has 0 saturated carbocycles. The summed E-state index contributed by atoms with van der Waals surface area (Å²) in [5, 5.41) is 7.15. The van der Waals surface area contributed by atoms with Crippen molar-refractivity contribution in [2.75, 3.05) is 5.32 Å². The molecule has 0 unspecified atom stereocenters. The minimum Gasteiger partial charge on any atom is -0.324 e. The van der Waals surface area contributed by atoms with Gasteiger partial charge in [-0.05, 0) is 37.3 Å². The number of aromatic nitrogens is 4. The summed E-state index contributed by atoms with van der Waals surface area (Å²) in [4.78, 5) is 29.3. The van der Waals surface area contributed by atoms with E-state index in [1.54, 1.807) is 10.7 Å². The second-order valence-electron chi connectivity index (χ2n) is 6.79. The van der Waals surface area contributed by atoms with Gasteiger partial charge in [-0.2, -0.15) is 5.10 Å². The van der Waals surface area contributed by atoms with Crippen LogP contribution in [0.4, 0.5) is 10.1 Å². The molecule has 0 aliphatic carbocycles. The highest BCUT2D eigenvalue weighted by molar-refractivity contribution is 9.10. The Labute approximate surface area is 179 Å². The molecule has 0 bridgehead atoms. The molecule has 2 heterocycles. The van der Waals surface area contributed by atoms with E-state index in [1.807, 2.05) is 31.2 Å². The monoisotopic (exact) mass is 469 g/mol. The summed E-state index contributed by atoms with van der Waals surface area (Å²) in [5.74, 6) is -0.944. The number of hydrogen-bond acceptors (Lipinski definition) is 4. The van der Waals surface area contributed by atoms with E-state index >= 15 is 0 Å². The summed E-state index contributed by atoms with van der Waals surface area (Å²) < 4.78 is 17.4. The second-order valence-corrected chi connectivity index (χ2v) is 7.71. The van der Waals surface area contributed by atoms with Crippen molar-refractivity contribution in [2.45, 2.75) is 19.9 Å². The number of carbonyl (C=O) groups excluding carboxylic acids is 1. The minimum absolute atomic E-state index is 0.00526. The zero-order valence-corrected chi connectivity index (χ0v) is 17.6. The Balaban J connectivity index is 1.51. The lowest BCUT2D eigenvalue weighted by molar-refractivity contribution is -0.116. The molecule has 2 aromatic heterocycles. The summed E-state index contributed by atoms with van der Waals surface area (Å²) in [6.45, 7) is 2.10. The van der Waals surface area contributed by atoms with Crippen molar-refractivity contribution in [2.24, 2.45) is 0 Å². The normalized spacial score (nSPS) is 11.0. The van der Waals surface area contributed by atoms with Gasteiger partial charge in [-0.3, -0.25) is 14.2 Å². The van der Waals surface area contributed by atoms with Crippen LogP contribution in [-0.2, 0) is 11.3 Å². The van der Waals surface area contributed by atoms with E-state index in [4.69, 9.17) is 0 Å². The number of amides is 1. The molecule has 0 aliphatic rings. The highest BCUT2D eigenvalue weighted by atomic mass is 79.9. The molecule has 1 N–H and O–H groups in total. The molecule has 30 heavy (non-hydrogen) atoms. The van der Waals surface area contributed by atoms with Crippen LogP contribution in [0.1, 0.15) is 12.0 Å². The molecule has 4 aromatic rings. The van der Waals surface area contributed by atoms with Crippen LogP contribution in [0.5, 0.6) is 0 Å². The number of fused-ring (bicyclic) bond motifs is 1. The fourth-order valence-electron chi connectivity index (χ4n) is 3.01. The molecular weight excluding hydrogens is 453 g/mol. The number of nitrogens with zero attached hydrogens (tertiary/aromatic N) is 4. The summed E-state index contributed by atoms with van der Waals surface area (Å²) in [7, 11) is 0. The molecule has 9 heteroatoms. The van der Waals surface area contributed by atoms with Gasteiger partial charge in [0, 0.05) is 17.4 Å². The van der Waals surface area contributed by atoms with Crippen molar-refractivity contribution < 1.29 is 9.18 Å². The molecule has 4 rings (SSSR count). The Kier molecular flexibility index (Phi) is 5.45. The van der Waals surface area contributed by atoms with Gasteiger partial charge in [0.15, 0.2) is 5.65 Å². The van der Waals surface area contributed by atoms with E-state index in [0.717, 1.165) is 11.3 Å². The Morgan fingerprint density at radius 3 is 2.70 bits per heavy atom. The van der Waals surface area contributed by atoms with E-state index in [2.05, 4.69) is 31.3 Å². The quantitative estimate of drug-likeness (QED) is 0.481. The zero-order chi connectivity index (χ0) is 21.3. The minimum atomic E-state index is -0.540. The first-order chi connectivity index (χ1) is 14.4. The molecule has 0 aliphatic heterocycles. The van der Waals surface area contributed by atoms with E-state index in [0.29, 0.717) is 15.5 Å². The van der Waals surface area contributed by atoms with Gasteiger partial charge < -0.3 is 5.32 Å². The van der Waals surface area contributed by atoms with Crippen LogP contribution in [0.2, 0.25) is 0 Å². The third kappa shape index (κ3) is 4.02. The van der Waals surface area contributed by atoms with Crippen molar-refractivity contribution in [3.8, 4) is 5.69 Å². The molecule has 0 saturated heterocycles.